The average Bonchev–Trinajstić information content (AvgIpc) is 2.88. The van der Waals surface area contributed by atoms with Crippen LogP contribution < -0.4 is 4.74 Å². The van der Waals surface area contributed by atoms with Crippen molar-refractivity contribution in [2.45, 2.75) is 51.0 Å². The summed E-state index contributed by atoms with van der Waals surface area (Å²) in [5.74, 6) is -0.120. The molecule has 2 N–H and O–H groups in total. The first-order valence-corrected chi connectivity index (χ1v) is 12.9. The van der Waals surface area contributed by atoms with Gasteiger partial charge in [0.05, 0.1) is 30.2 Å². The van der Waals surface area contributed by atoms with Gasteiger partial charge in [-0.3, -0.25) is 14.8 Å². The number of fused-ring (bicyclic) bond motifs is 1. The summed E-state index contributed by atoms with van der Waals surface area (Å²) in [6, 6.07) is 9.57. The summed E-state index contributed by atoms with van der Waals surface area (Å²) in [7, 11) is 1.59. The molecule has 2 aromatic heterocycles. The Labute approximate surface area is 217 Å². The van der Waals surface area contributed by atoms with E-state index in [1.54, 1.807) is 19.5 Å². The SMILES string of the molecule is COc1ccc2ncc(Cl)c([C@H](O)CCC3(CC(=O)O)CCN(CCCc4cccnc4)CC3)c2c1. The van der Waals surface area contributed by atoms with Gasteiger partial charge in [0.25, 0.3) is 0 Å². The highest BCUT2D eigenvalue weighted by Gasteiger charge is 2.37. The lowest BCUT2D eigenvalue weighted by molar-refractivity contribution is -0.141. The molecular weight excluding hydrogens is 478 g/mol. The van der Waals surface area contributed by atoms with Gasteiger partial charge in [-0.25, -0.2) is 0 Å². The number of likely N-dealkylation sites (tertiary alicyclic amines) is 1. The zero-order valence-electron chi connectivity index (χ0n) is 20.7. The number of aliphatic hydroxyl groups is 1. The molecule has 0 saturated carbocycles. The first kappa shape index (κ1) is 26.3. The monoisotopic (exact) mass is 511 g/mol. The predicted molar refractivity (Wildman–Crippen MR) is 140 cm³/mol. The van der Waals surface area contributed by atoms with E-state index in [2.05, 4.69) is 20.9 Å². The van der Waals surface area contributed by atoms with Crippen LogP contribution in [0.5, 0.6) is 5.75 Å². The molecule has 0 bridgehead atoms. The minimum Gasteiger partial charge on any atom is -0.497 e. The number of aryl methyl sites for hydroxylation is 1. The molecule has 1 atom stereocenters. The van der Waals surface area contributed by atoms with Gasteiger partial charge < -0.3 is 19.8 Å². The fraction of sp³-hybridized carbons (Fsp3) is 0.464. The average molecular weight is 512 g/mol. The number of hydrogen-bond acceptors (Lipinski definition) is 6. The Kier molecular flexibility index (Phi) is 8.77. The second kappa shape index (κ2) is 12.0. The van der Waals surface area contributed by atoms with Gasteiger partial charge in [0, 0.05) is 29.5 Å². The zero-order chi connectivity index (χ0) is 25.5. The molecule has 1 aliphatic heterocycles. The summed E-state index contributed by atoms with van der Waals surface area (Å²) in [5, 5.41) is 22.0. The van der Waals surface area contributed by atoms with E-state index in [4.69, 9.17) is 16.3 Å². The summed E-state index contributed by atoms with van der Waals surface area (Å²) in [6.45, 7) is 2.72. The van der Waals surface area contributed by atoms with Crippen LogP contribution in [-0.2, 0) is 11.2 Å². The molecule has 36 heavy (non-hydrogen) atoms. The summed E-state index contributed by atoms with van der Waals surface area (Å²) < 4.78 is 5.35. The Balaban J connectivity index is 1.39. The van der Waals surface area contributed by atoms with Crippen molar-refractivity contribution >= 4 is 28.5 Å². The van der Waals surface area contributed by atoms with Crippen molar-refractivity contribution in [3.05, 3.63) is 65.1 Å². The van der Waals surface area contributed by atoms with Crippen LogP contribution in [0.2, 0.25) is 5.02 Å². The number of aliphatic hydroxyl groups excluding tert-OH is 1. The number of methoxy groups -OCH3 is 1. The Morgan fingerprint density at radius 1 is 1.25 bits per heavy atom. The molecule has 4 rings (SSSR count). The van der Waals surface area contributed by atoms with Gasteiger partial charge in [0.1, 0.15) is 5.75 Å². The molecule has 1 aromatic carbocycles. The van der Waals surface area contributed by atoms with Crippen molar-refractivity contribution in [3.8, 4) is 5.75 Å². The molecule has 0 aliphatic carbocycles. The predicted octanol–water partition coefficient (Wildman–Crippen LogP) is 5.30. The smallest absolute Gasteiger partial charge is 0.303 e. The number of carbonyl (C=O) groups is 1. The topological polar surface area (TPSA) is 95.8 Å². The normalized spacial score (nSPS) is 16.6. The molecule has 3 aromatic rings. The van der Waals surface area contributed by atoms with E-state index in [1.165, 1.54) is 5.56 Å². The van der Waals surface area contributed by atoms with Gasteiger partial charge in [0.2, 0.25) is 0 Å². The fourth-order valence-electron chi connectivity index (χ4n) is 5.36. The van der Waals surface area contributed by atoms with Crippen molar-refractivity contribution in [2.75, 3.05) is 26.7 Å². The lowest BCUT2D eigenvalue weighted by atomic mass is 9.71. The number of nitrogens with zero attached hydrogens (tertiary/aromatic N) is 3. The van der Waals surface area contributed by atoms with Gasteiger partial charge in [-0.2, -0.15) is 0 Å². The molecule has 1 aliphatic rings. The largest absolute Gasteiger partial charge is 0.497 e. The molecule has 1 fully saturated rings. The number of ether oxygens (including phenoxy) is 1. The molecule has 1 saturated heterocycles. The van der Waals surface area contributed by atoms with Gasteiger partial charge >= 0.3 is 5.97 Å². The summed E-state index contributed by atoms with van der Waals surface area (Å²) in [5.41, 5.74) is 2.26. The second-order valence-electron chi connectivity index (χ2n) is 9.83. The number of piperidine rings is 1. The van der Waals surface area contributed by atoms with Crippen molar-refractivity contribution in [3.63, 3.8) is 0 Å². The van der Waals surface area contributed by atoms with E-state index in [9.17, 15) is 15.0 Å². The minimum atomic E-state index is -0.821. The number of benzene rings is 1. The molecule has 0 unspecified atom stereocenters. The van der Waals surface area contributed by atoms with E-state index in [0.29, 0.717) is 29.2 Å². The van der Waals surface area contributed by atoms with Crippen molar-refractivity contribution < 1.29 is 19.7 Å². The van der Waals surface area contributed by atoms with Gasteiger partial charge in [-0.1, -0.05) is 17.7 Å². The first-order valence-electron chi connectivity index (χ1n) is 12.5. The zero-order valence-corrected chi connectivity index (χ0v) is 21.5. The number of aromatic nitrogens is 2. The quantitative estimate of drug-likeness (QED) is 0.361. The molecule has 0 spiro atoms. The number of rotatable bonds is 11. The molecular formula is C28H34ClN3O4. The molecule has 7 nitrogen and oxygen atoms in total. The molecule has 0 amide bonds. The van der Waals surface area contributed by atoms with E-state index < -0.39 is 12.1 Å². The maximum atomic E-state index is 11.8. The fourth-order valence-corrected chi connectivity index (χ4v) is 5.64. The van der Waals surface area contributed by atoms with E-state index >= 15 is 0 Å². The number of aliphatic carboxylic acids is 1. The summed E-state index contributed by atoms with van der Waals surface area (Å²) in [6.07, 6.45) is 9.25. The van der Waals surface area contributed by atoms with Crippen LogP contribution in [-0.4, -0.2) is 57.8 Å². The highest BCUT2D eigenvalue weighted by Crippen LogP contribution is 2.43. The van der Waals surface area contributed by atoms with E-state index in [1.807, 2.05) is 30.5 Å². The van der Waals surface area contributed by atoms with E-state index in [0.717, 1.165) is 56.2 Å². The van der Waals surface area contributed by atoms with Crippen LogP contribution in [0, 0.1) is 5.41 Å². The third-order valence-electron chi connectivity index (χ3n) is 7.46. The summed E-state index contributed by atoms with van der Waals surface area (Å²) in [4.78, 5) is 22.7. The maximum Gasteiger partial charge on any atom is 0.303 e. The highest BCUT2D eigenvalue weighted by molar-refractivity contribution is 6.32. The third-order valence-corrected chi connectivity index (χ3v) is 7.76. The number of hydrogen-bond donors (Lipinski definition) is 2. The lowest BCUT2D eigenvalue weighted by Crippen LogP contribution is -2.41. The molecule has 8 heteroatoms. The maximum absolute atomic E-state index is 11.8. The Bertz CT molecular complexity index is 1170. The van der Waals surface area contributed by atoms with E-state index in [-0.39, 0.29) is 11.8 Å². The summed E-state index contributed by atoms with van der Waals surface area (Å²) >= 11 is 6.48. The van der Waals surface area contributed by atoms with Crippen LogP contribution in [0.1, 0.15) is 55.8 Å². The third kappa shape index (κ3) is 6.52. The number of carboxylic acid groups (broad SMARTS) is 1. The van der Waals surface area contributed by atoms with Crippen LogP contribution in [0.15, 0.2) is 48.9 Å². The van der Waals surface area contributed by atoms with Gasteiger partial charge in [-0.05, 0) is 93.4 Å². The molecule has 3 heterocycles. The standard InChI is InChI=1S/C28H34ClN3O4/c1-36-21-6-7-24-22(16-21)27(23(29)19-31-24)25(33)8-9-28(17-26(34)35)10-14-32(15-11-28)13-3-5-20-4-2-12-30-18-20/h2,4,6-7,12,16,18-19,25,33H,3,5,8-11,13-15,17H2,1H3,(H,34,35)/t25-/m1/s1. The molecule has 0 radical (unpaired) electrons. The van der Waals surface area contributed by atoms with Crippen LogP contribution >= 0.6 is 11.6 Å². The number of halogens is 1. The van der Waals surface area contributed by atoms with Crippen molar-refractivity contribution in [2.24, 2.45) is 5.41 Å². The van der Waals surface area contributed by atoms with Gasteiger partial charge in [0.15, 0.2) is 0 Å². The van der Waals surface area contributed by atoms with Crippen LogP contribution in [0.3, 0.4) is 0 Å². The lowest BCUT2D eigenvalue weighted by Gasteiger charge is -2.41. The van der Waals surface area contributed by atoms with Crippen LogP contribution in [0.4, 0.5) is 0 Å². The van der Waals surface area contributed by atoms with Crippen LogP contribution in [0.25, 0.3) is 10.9 Å². The van der Waals surface area contributed by atoms with Crippen molar-refractivity contribution in [1.82, 2.24) is 14.9 Å². The number of carboxylic acids is 1. The Morgan fingerprint density at radius 2 is 2.06 bits per heavy atom. The first-order chi connectivity index (χ1) is 17.4. The Morgan fingerprint density at radius 3 is 2.75 bits per heavy atom. The molecule has 192 valence electrons. The highest BCUT2D eigenvalue weighted by atomic mass is 35.5. The minimum absolute atomic E-state index is 0.113. The second-order valence-corrected chi connectivity index (χ2v) is 10.2. The van der Waals surface area contributed by atoms with Gasteiger partial charge in [-0.15, -0.1) is 0 Å². The van der Waals surface area contributed by atoms with Crippen molar-refractivity contribution in [1.29, 1.82) is 0 Å². The Hall–Kier alpha value is -2.74. The number of pyridine rings is 2.